The van der Waals surface area contributed by atoms with Crippen molar-refractivity contribution < 1.29 is 13.2 Å². The summed E-state index contributed by atoms with van der Waals surface area (Å²) in [5, 5.41) is 8.85. The maximum atomic E-state index is 12.5. The quantitative estimate of drug-likeness (QED) is 0.632. The highest BCUT2D eigenvalue weighted by Crippen LogP contribution is 2.25. The average Bonchev–Trinajstić information content (AvgIpc) is 2.88. The van der Waals surface area contributed by atoms with Crippen LogP contribution in [0.3, 0.4) is 0 Å². The molecular formula is C19H28N4O3S2. The summed E-state index contributed by atoms with van der Waals surface area (Å²) in [5.74, 6) is -0.0421. The number of nitrogens with zero attached hydrogens (tertiary/aromatic N) is 2. The molecule has 0 aliphatic carbocycles. The van der Waals surface area contributed by atoms with E-state index >= 15 is 0 Å². The van der Waals surface area contributed by atoms with Crippen molar-refractivity contribution >= 4 is 33.4 Å². The van der Waals surface area contributed by atoms with Gasteiger partial charge in [-0.2, -0.15) is 0 Å². The zero-order valence-electron chi connectivity index (χ0n) is 17.0. The molecular weight excluding hydrogens is 396 g/mol. The van der Waals surface area contributed by atoms with Crippen molar-refractivity contribution in [2.45, 2.75) is 64.1 Å². The molecule has 1 heterocycles. The Morgan fingerprint density at radius 3 is 2.54 bits per heavy atom. The van der Waals surface area contributed by atoms with Gasteiger partial charge in [0.25, 0.3) is 0 Å². The second-order valence-corrected chi connectivity index (χ2v) is 9.37. The average molecular weight is 425 g/mol. The van der Waals surface area contributed by atoms with Crippen molar-refractivity contribution in [2.75, 3.05) is 11.1 Å². The van der Waals surface area contributed by atoms with Crippen molar-refractivity contribution in [2.24, 2.45) is 5.14 Å². The van der Waals surface area contributed by atoms with Crippen LogP contribution in [-0.4, -0.2) is 29.6 Å². The van der Waals surface area contributed by atoms with Crippen molar-refractivity contribution in [1.29, 1.82) is 0 Å². The van der Waals surface area contributed by atoms with Crippen molar-refractivity contribution in [3.05, 3.63) is 34.6 Å². The summed E-state index contributed by atoms with van der Waals surface area (Å²) in [6.07, 6.45) is 2.13. The number of benzene rings is 1. The van der Waals surface area contributed by atoms with Gasteiger partial charge in [0.05, 0.1) is 16.3 Å². The molecule has 2 aromatic rings. The summed E-state index contributed by atoms with van der Waals surface area (Å²) in [4.78, 5) is 17.0. The van der Waals surface area contributed by atoms with Crippen molar-refractivity contribution in [1.82, 2.24) is 9.55 Å². The van der Waals surface area contributed by atoms with E-state index in [2.05, 4.69) is 21.8 Å². The SMILES string of the molecule is CCCCn1c(SCC(=O)Nc2cc(S(N)(=O)=O)cc(C)c2C)nc(C)c1C. The Hall–Kier alpha value is -1.84. The van der Waals surface area contributed by atoms with Crippen molar-refractivity contribution in [3.63, 3.8) is 0 Å². The summed E-state index contributed by atoms with van der Waals surface area (Å²) in [7, 11) is -3.84. The third-order valence-electron chi connectivity index (χ3n) is 4.73. The monoisotopic (exact) mass is 424 g/mol. The van der Waals surface area contributed by atoms with Crippen LogP contribution in [0.25, 0.3) is 0 Å². The second kappa shape index (κ2) is 9.11. The second-order valence-electron chi connectivity index (χ2n) is 6.86. The van der Waals surface area contributed by atoms with E-state index < -0.39 is 10.0 Å². The standard InChI is InChI=1S/C19H28N4O3S2/c1-6-7-8-23-15(5)14(4)21-19(23)27-11-18(24)22-17-10-16(28(20,25)26)9-12(2)13(17)3/h9-10H,6-8,11H2,1-5H3,(H,22,24)(H2,20,25,26). The van der Waals surface area contributed by atoms with E-state index in [1.807, 2.05) is 20.8 Å². The number of hydrogen-bond acceptors (Lipinski definition) is 5. The van der Waals surface area contributed by atoms with E-state index in [-0.39, 0.29) is 16.6 Å². The number of nitrogens with one attached hydrogen (secondary N) is 1. The molecule has 0 saturated heterocycles. The molecule has 9 heteroatoms. The molecule has 7 nitrogen and oxygen atoms in total. The smallest absolute Gasteiger partial charge is 0.238 e. The molecule has 0 atom stereocenters. The van der Waals surface area contributed by atoms with E-state index in [9.17, 15) is 13.2 Å². The van der Waals surface area contributed by atoms with Gasteiger partial charge in [0.15, 0.2) is 5.16 Å². The number of thioether (sulfide) groups is 1. The van der Waals surface area contributed by atoms with Crippen LogP contribution in [0.4, 0.5) is 5.69 Å². The van der Waals surface area contributed by atoms with Crippen molar-refractivity contribution in [3.8, 4) is 0 Å². The number of nitrogens with two attached hydrogens (primary N) is 1. The van der Waals surface area contributed by atoms with Crippen LogP contribution >= 0.6 is 11.8 Å². The molecule has 0 radical (unpaired) electrons. The highest BCUT2D eigenvalue weighted by molar-refractivity contribution is 7.99. The highest BCUT2D eigenvalue weighted by atomic mass is 32.2. The number of sulfonamides is 1. The summed E-state index contributed by atoms with van der Waals surface area (Å²) in [6, 6.07) is 2.90. The molecule has 28 heavy (non-hydrogen) atoms. The third kappa shape index (κ3) is 5.36. The lowest BCUT2D eigenvalue weighted by Crippen LogP contribution is -2.18. The number of unbranched alkanes of at least 4 members (excludes halogenated alkanes) is 1. The predicted molar refractivity (Wildman–Crippen MR) is 113 cm³/mol. The Balaban J connectivity index is 2.14. The summed E-state index contributed by atoms with van der Waals surface area (Å²) < 4.78 is 25.5. The largest absolute Gasteiger partial charge is 0.325 e. The van der Waals surface area contributed by atoms with E-state index in [0.29, 0.717) is 5.69 Å². The molecule has 3 N–H and O–H groups in total. The van der Waals surface area contributed by atoms with Gasteiger partial charge in [0, 0.05) is 17.9 Å². The van der Waals surface area contributed by atoms with Gasteiger partial charge in [-0.1, -0.05) is 25.1 Å². The minimum atomic E-state index is -3.84. The fourth-order valence-electron chi connectivity index (χ4n) is 2.75. The van der Waals surface area contributed by atoms with Crippen LogP contribution in [0.5, 0.6) is 0 Å². The zero-order chi connectivity index (χ0) is 21.1. The van der Waals surface area contributed by atoms with Crippen LogP contribution in [-0.2, 0) is 21.4 Å². The van der Waals surface area contributed by atoms with Crippen LogP contribution in [0.15, 0.2) is 22.2 Å². The number of amides is 1. The Bertz CT molecular complexity index is 982. The molecule has 1 aromatic carbocycles. The Kier molecular flexibility index (Phi) is 7.30. The zero-order valence-corrected chi connectivity index (χ0v) is 18.6. The van der Waals surface area contributed by atoms with E-state index in [4.69, 9.17) is 5.14 Å². The molecule has 1 amide bonds. The molecule has 2 rings (SSSR count). The lowest BCUT2D eigenvalue weighted by molar-refractivity contribution is -0.113. The number of aryl methyl sites for hydroxylation is 2. The maximum Gasteiger partial charge on any atom is 0.238 e. The number of rotatable bonds is 8. The first-order chi connectivity index (χ1) is 13.0. The molecule has 0 saturated carbocycles. The normalized spacial score (nSPS) is 11.6. The maximum absolute atomic E-state index is 12.5. The summed E-state index contributed by atoms with van der Waals surface area (Å²) in [6.45, 7) is 10.6. The number of hydrogen-bond donors (Lipinski definition) is 2. The fourth-order valence-corrected chi connectivity index (χ4v) is 4.29. The van der Waals surface area contributed by atoms with E-state index in [0.717, 1.165) is 47.1 Å². The summed E-state index contributed by atoms with van der Waals surface area (Å²) in [5.41, 5.74) is 4.09. The molecule has 0 bridgehead atoms. The van der Waals surface area contributed by atoms with Gasteiger partial charge in [0.1, 0.15) is 0 Å². The molecule has 1 aromatic heterocycles. The lowest BCUT2D eigenvalue weighted by Gasteiger charge is -2.13. The number of carbonyl (C=O) groups excluding carboxylic acids is 1. The van der Waals surface area contributed by atoms with Gasteiger partial charge in [-0.25, -0.2) is 18.5 Å². The van der Waals surface area contributed by atoms with Crippen LogP contribution in [0.1, 0.15) is 42.3 Å². The first-order valence-corrected chi connectivity index (χ1v) is 11.7. The Morgan fingerprint density at radius 1 is 1.25 bits per heavy atom. The van der Waals surface area contributed by atoms with E-state index in [1.165, 1.54) is 23.9 Å². The lowest BCUT2D eigenvalue weighted by atomic mass is 10.1. The highest BCUT2D eigenvalue weighted by Gasteiger charge is 2.16. The predicted octanol–water partition coefficient (Wildman–Crippen LogP) is 3.30. The minimum Gasteiger partial charge on any atom is -0.325 e. The number of carbonyl (C=O) groups is 1. The number of primary sulfonamides is 1. The molecule has 0 spiro atoms. The molecule has 154 valence electrons. The number of aromatic nitrogens is 2. The Morgan fingerprint density at radius 2 is 1.93 bits per heavy atom. The van der Waals surface area contributed by atoms with Gasteiger partial charge in [-0.15, -0.1) is 0 Å². The van der Waals surface area contributed by atoms with Gasteiger partial charge in [-0.05, 0) is 57.4 Å². The van der Waals surface area contributed by atoms with Gasteiger partial charge < -0.3 is 9.88 Å². The van der Waals surface area contributed by atoms with Gasteiger partial charge in [-0.3, -0.25) is 4.79 Å². The molecule has 0 aliphatic heterocycles. The molecule has 0 aliphatic rings. The number of imidazole rings is 1. The minimum absolute atomic E-state index is 0.0140. The van der Waals surface area contributed by atoms with Crippen LogP contribution < -0.4 is 10.5 Å². The first-order valence-electron chi connectivity index (χ1n) is 9.15. The topological polar surface area (TPSA) is 107 Å². The fraction of sp³-hybridized carbons (Fsp3) is 0.474. The van der Waals surface area contributed by atoms with Gasteiger partial charge >= 0.3 is 0 Å². The first kappa shape index (κ1) is 22.4. The van der Waals surface area contributed by atoms with Crippen LogP contribution in [0, 0.1) is 27.7 Å². The van der Waals surface area contributed by atoms with Crippen LogP contribution in [0.2, 0.25) is 0 Å². The third-order valence-corrected chi connectivity index (χ3v) is 6.60. The Labute approximate surface area is 171 Å². The van der Waals surface area contributed by atoms with E-state index in [1.54, 1.807) is 6.92 Å². The van der Waals surface area contributed by atoms with Gasteiger partial charge in [0.2, 0.25) is 15.9 Å². The number of anilines is 1. The molecule has 0 fully saturated rings. The molecule has 0 unspecified atom stereocenters. The summed E-state index contributed by atoms with van der Waals surface area (Å²) >= 11 is 1.38.